The van der Waals surface area contributed by atoms with Crippen LogP contribution in [0.1, 0.15) is 40.7 Å². The van der Waals surface area contributed by atoms with Crippen LogP contribution in [-0.4, -0.2) is 24.1 Å². The summed E-state index contributed by atoms with van der Waals surface area (Å²) < 4.78 is 5.13. The zero-order valence-corrected chi connectivity index (χ0v) is 14.0. The number of rotatable bonds is 6. The van der Waals surface area contributed by atoms with E-state index in [0.29, 0.717) is 17.7 Å². The maximum Gasteiger partial charge on any atom is 0.336 e. The van der Waals surface area contributed by atoms with Gasteiger partial charge in [0, 0.05) is 5.69 Å². The Balaban J connectivity index is 2.20. The molecule has 0 saturated carbocycles. The van der Waals surface area contributed by atoms with Gasteiger partial charge in [-0.05, 0) is 48.7 Å². The largest absolute Gasteiger partial charge is 0.497 e. The van der Waals surface area contributed by atoms with Gasteiger partial charge in [-0.3, -0.25) is 4.79 Å². The molecule has 24 heavy (non-hydrogen) atoms. The normalized spacial score (nSPS) is 11.6. The fraction of sp³-hybridized carbons (Fsp3) is 0.263. The molecule has 2 N–H and O–H groups in total. The summed E-state index contributed by atoms with van der Waals surface area (Å²) in [5, 5.41) is 12.0. The molecule has 0 heterocycles. The molecule has 0 aliphatic rings. The maximum absolute atomic E-state index is 12.6. The van der Waals surface area contributed by atoms with Crippen molar-refractivity contribution in [1.29, 1.82) is 0 Å². The number of carboxylic acid groups (broad SMARTS) is 1. The summed E-state index contributed by atoms with van der Waals surface area (Å²) in [7, 11) is 1.59. The first-order valence-electron chi connectivity index (χ1n) is 7.75. The van der Waals surface area contributed by atoms with E-state index >= 15 is 0 Å². The van der Waals surface area contributed by atoms with E-state index in [1.807, 2.05) is 31.2 Å². The van der Waals surface area contributed by atoms with Crippen LogP contribution < -0.4 is 10.1 Å². The Kier molecular flexibility index (Phi) is 5.58. The second-order valence-corrected chi connectivity index (χ2v) is 5.56. The first-order chi connectivity index (χ1) is 11.5. The van der Waals surface area contributed by atoms with Crippen molar-refractivity contribution in [3.05, 3.63) is 59.2 Å². The van der Waals surface area contributed by atoms with Gasteiger partial charge in [0.25, 0.3) is 0 Å². The maximum atomic E-state index is 12.6. The predicted octanol–water partition coefficient (Wildman–Crippen LogP) is 3.83. The van der Waals surface area contributed by atoms with E-state index in [2.05, 4.69) is 5.32 Å². The minimum Gasteiger partial charge on any atom is -0.497 e. The fourth-order valence-corrected chi connectivity index (χ4v) is 2.57. The molecular formula is C19H21NO4. The monoisotopic (exact) mass is 327 g/mol. The molecule has 2 aromatic rings. The van der Waals surface area contributed by atoms with E-state index in [1.165, 1.54) is 6.07 Å². The van der Waals surface area contributed by atoms with Gasteiger partial charge < -0.3 is 15.2 Å². The second kappa shape index (κ2) is 7.64. The van der Waals surface area contributed by atoms with Gasteiger partial charge in [0.15, 0.2) is 0 Å². The van der Waals surface area contributed by atoms with Gasteiger partial charge in [0.1, 0.15) is 5.75 Å². The highest BCUT2D eigenvalue weighted by Crippen LogP contribution is 2.24. The highest BCUT2D eigenvalue weighted by atomic mass is 16.5. The number of nitrogens with one attached hydrogen (secondary N) is 1. The van der Waals surface area contributed by atoms with Gasteiger partial charge in [0.2, 0.25) is 5.91 Å². The van der Waals surface area contributed by atoms with Crippen LogP contribution in [-0.2, 0) is 4.79 Å². The number of carbonyl (C=O) groups is 2. The number of carbonyl (C=O) groups excluding carboxylic acids is 1. The van der Waals surface area contributed by atoms with E-state index < -0.39 is 5.97 Å². The first kappa shape index (κ1) is 17.5. The van der Waals surface area contributed by atoms with Gasteiger partial charge in [-0.2, -0.15) is 0 Å². The molecule has 0 radical (unpaired) electrons. The molecule has 0 spiro atoms. The molecule has 2 rings (SSSR count). The number of amides is 1. The Morgan fingerprint density at radius 1 is 1.17 bits per heavy atom. The van der Waals surface area contributed by atoms with Crippen molar-refractivity contribution in [2.75, 3.05) is 12.4 Å². The van der Waals surface area contributed by atoms with Gasteiger partial charge in [-0.1, -0.05) is 25.1 Å². The van der Waals surface area contributed by atoms with Crippen LogP contribution in [0.15, 0.2) is 42.5 Å². The molecule has 0 aliphatic carbocycles. The number of hydrogen-bond acceptors (Lipinski definition) is 3. The Morgan fingerprint density at radius 3 is 2.38 bits per heavy atom. The Morgan fingerprint density at radius 2 is 1.83 bits per heavy atom. The third-order valence-electron chi connectivity index (χ3n) is 3.98. The minimum atomic E-state index is -1.01. The number of anilines is 1. The van der Waals surface area contributed by atoms with Crippen molar-refractivity contribution < 1.29 is 19.4 Å². The van der Waals surface area contributed by atoms with E-state index in [9.17, 15) is 14.7 Å². The smallest absolute Gasteiger partial charge is 0.336 e. The quantitative estimate of drug-likeness (QED) is 0.845. The molecule has 1 atom stereocenters. The van der Waals surface area contributed by atoms with Crippen LogP contribution in [0.25, 0.3) is 0 Å². The number of carboxylic acids is 1. The molecule has 1 amide bonds. The van der Waals surface area contributed by atoms with Crippen LogP contribution in [0, 0.1) is 6.92 Å². The number of methoxy groups -OCH3 is 1. The lowest BCUT2D eigenvalue weighted by molar-refractivity contribution is -0.117. The SMILES string of the molecule is CCC(C(=O)Nc1ccc(C)c(C(=O)O)c1)c1ccc(OC)cc1. The van der Waals surface area contributed by atoms with Crippen molar-refractivity contribution in [3.8, 4) is 5.75 Å². The minimum absolute atomic E-state index is 0.164. The predicted molar refractivity (Wildman–Crippen MR) is 92.8 cm³/mol. The fourth-order valence-electron chi connectivity index (χ4n) is 2.57. The molecule has 0 fully saturated rings. The zero-order chi connectivity index (χ0) is 17.7. The van der Waals surface area contributed by atoms with Crippen molar-refractivity contribution in [3.63, 3.8) is 0 Å². The standard InChI is InChI=1S/C19H21NO4/c1-4-16(13-6-9-15(24-3)10-7-13)18(21)20-14-8-5-12(2)17(11-14)19(22)23/h5-11,16H,4H2,1-3H3,(H,20,21)(H,22,23). The van der Waals surface area contributed by atoms with Gasteiger partial charge in [-0.15, -0.1) is 0 Å². The second-order valence-electron chi connectivity index (χ2n) is 5.56. The topological polar surface area (TPSA) is 75.6 Å². The average molecular weight is 327 g/mol. The number of ether oxygens (including phenoxy) is 1. The molecule has 0 aliphatic heterocycles. The molecule has 5 heteroatoms. The summed E-state index contributed by atoms with van der Waals surface area (Å²) in [4.78, 5) is 23.8. The van der Waals surface area contributed by atoms with Gasteiger partial charge in [0.05, 0.1) is 18.6 Å². The Labute approximate surface area is 141 Å². The summed E-state index contributed by atoms with van der Waals surface area (Å²) in [6, 6.07) is 12.2. The number of benzene rings is 2. The highest BCUT2D eigenvalue weighted by molar-refractivity contribution is 5.97. The van der Waals surface area contributed by atoms with Crippen LogP contribution in [0.5, 0.6) is 5.75 Å². The molecule has 2 aromatic carbocycles. The number of hydrogen-bond donors (Lipinski definition) is 2. The molecule has 0 aromatic heterocycles. The molecular weight excluding hydrogens is 306 g/mol. The third kappa shape index (κ3) is 3.93. The Hall–Kier alpha value is -2.82. The molecule has 126 valence electrons. The zero-order valence-electron chi connectivity index (χ0n) is 14.0. The molecule has 5 nitrogen and oxygen atoms in total. The lowest BCUT2D eigenvalue weighted by Gasteiger charge is -2.16. The third-order valence-corrected chi connectivity index (χ3v) is 3.98. The summed E-state index contributed by atoms with van der Waals surface area (Å²) >= 11 is 0. The van der Waals surface area contributed by atoms with Crippen LogP contribution in [0.3, 0.4) is 0 Å². The van der Waals surface area contributed by atoms with E-state index in [0.717, 1.165) is 11.3 Å². The van der Waals surface area contributed by atoms with Crippen molar-refractivity contribution >= 4 is 17.6 Å². The lowest BCUT2D eigenvalue weighted by Crippen LogP contribution is -2.21. The van der Waals surface area contributed by atoms with E-state index in [1.54, 1.807) is 26.2 Å². The van der Waals surface area contributed by atoms with Crippen molar-refractivity contribution in [2.24, 2.45) is 0 Å². The average Bonchev–Trinajstić information content (AvgIpc) is 2.57. The highest BCUT2D eigenvalue weighted by Gasteiger charge is 2.19. The number of aromatic carboxylic acids is 1. The lowest BCUT2D eigenvalue weighted by atomic mass is 9.95. The van der Waals surface area contributed by atoms with Crippen molar-refractivity contribution in [1.82, 2.24) is 0 Å². The Bertz CT molecular complexity index is 738. The molecule has 0 bridgehead atoms. The van der Waals surface area contributed by atoms with E-state index in [4.69, 9.17) is 4.74 Å². The van der Waals surface area contributed by atoms with Crippen molar-refractivity contribution in [2.45, 2.75) is 26.2 Å². The molecule has 1 unspecified atom stereocenters. The number of aryl methyl sites for hydroxylation is 1. The van der Waals surface area contributed by atoms with E-state index in [-0.39, 0.29) is 17.4 Å². The van der Waals surface area contributed by atoms with Crippen LogP contribution in [0.4, 0.5) is 5.69 Å². The van der Waals surface area contributed by atoms with Crippen LogP contribution >= 0.6 is 0 Å². The first-order valence-corrected chi connectivity index (χ1v) is 7.75. The summed E-state index contributed by atoms with van der Waals surface area (Å²) in [5.74, 6) is -0.752. The summed E-state index contributed by atoms with van der Waals surface area (Å²) in [6.45, 7) is 3.66. The van der Waals surface area contributed by atoms with Crippen LogP contribution in [0.2, 0.25) is 0 Å². The van der Waals surface area contributed by atoms with Gasteiger partial charge >= 0.3 is 5.97 Å². The van der Waals surface area contributed by atoms with Gasteiger partial charge in [-0.25, -0.2) is 4.79 Å². The summed E-state index contributed by atoms with van der Waals surface area (Å²) in [6.07, 6.45) is 0.635. The summed E-state index contributed by atoms with van der Waals surface area (Å²) in [5.41, 5.74) is 2.21. The molecule has 0 saturated heterocycles.